The van der Waals surface area contributed by atoms with Crippen LogP contribution in [0.1, 0.15) is 5.56 Å². The number of nitrogens with zero attached hydrogens (tertiary/aromatic N) is 4. The number of rotatable bonds is 4. The lowest BCUT2D eigenvalue weighted by Crippen LogP contribution is -1.88. The van der Waals surface area contributed by atoms with Crippen molar-refractivity contribution in [3.63, 3.8) is 0 Å². The minimum atomic E-state index is -0.332. The molecule has 0 amide bonds. The molecule has 0 aliphatic rings. The van der Waals surface area contributed by atoms with Crippen molar-refractivity contribution in [3.8, 4) is 11.5 Å². The number of fused-ring (bicyclic) bond motifs is 1. The third-order valence-electron chi connectivity index (χ3n) is 3.69. The van der Waals surface area contributed by atoms with Gasteiger partial charge in [0.1, 0.15) is 11.5 Å². The van der Waals surface area contributed by atoms with Gasteiger partial charge in [0, 0.05) is 6.20 Å². The molecule has 0 fully saturated rings. The van der Waals surface area contributed by atoms with Gasteiger partial charge in [-0.25, -0.2) is 9.37 Å². The van der Waals surface area contributed by atoms with E-state index in [2.05, 4.69) is 15.2 Å². The number of azo groups is 1. The first-order valence-corrected chi connectivity index (χ1v) is 7.57. The van der Waals surface area contributed by atoms with Gasteiger partial charge in [-0.1, -0.05) is 0 Å². The number of aromatic nitrogens is 2. The minimum absolute atomic E-state index is 0.0775. The second-order valence-corrected chi connectivity index (χ2v) is 5.36. The molecule has 4 aromatic rings. The molecule has 25 heavy (non-hydrogen) atoms. The van der Waals surface area contributed by atoms with E-state index in [9.17, 15) is 9.50 Å². The summed E-state index contributed by atoms with van der Waals surface area (Å²) in [6.45, 7) is -0.0775. The van der Waals surface area contributed by atoms with Gasteiger partial charge in [-0.2, -0.15) is 0 Å². The first kappa shape index (κ1) is 15.2. The molecule has 3 aromatic heterocycles. The highest BCUT2D eigenvalue weighted by molar-refractivity contribution is 5.71. The zero-order valence-electron chi connectivity index (χ0n) is 13.0. The van der Waals surface area contributed by atoms with Gasteiger partial charge in [-0.15, -0.1) is 10.2 Å². The molecule has 4 rings (SSSR count). The fourth-order valence-corrected chi connectivity index (χ4v) is 2.46. The quantitative estimate of drug-likeness (QED) is 0.552. The fraction of sp³-hybridized carbons (Fsp3) is 0.0556. The van der Waals surface area contributed by atoms with E-state index in [-0.39, 0.29) is 12.4 Å². The molecule has 0 aliphatic carbocycles. The van der Waals surface area contributed by atoms with Gasteiger partial charge >= 0.3 is 0 Å². The number of hydrogen-bond donors (Lipinski definition) is 1. The molecule has 1 aromatic carbocycles. The van der Waals surface area contributed by atoms with Gasteiger partial charge < -0.3 is 9.52 Å². The maximum atomic E-state index is 13.0. The molecule has 3 heterocycles. The fourth-order valence-electron chi connectivity index (χ4n) is 2.46. The normalized spacial score (nSPS) is 11.6. The van der Waals surface area contributed by atoms with Crippen LogP contribution in [0.15, 0.2) is 75.6 Å². The molecule has 0 saturated heterocycles. The number of hydrogen-bond acceptors (Lipinski definition) is 5. The topological polar surface area (TPSA) is 75.4 Å². The number of aliphatic hydroxyl groups is 1. The first-order chi connectivity index (χ1) is 12.2. The van der Waals surface area contributed by atoms with Crippen molar-refractivity contribution in [1.82, 2.24) is 9.38 Å². The summed E-state index contributed by atoms with van der Waals surface area (Å²) in [4.78, 5) is 4.53. The molecule has 0 bridgehead atoms. The Hall–Kier alpha value is -3.32. The smallest absolute Gasteiger partial charge is 0.190 e. The molecular formula is C18H13FN4O2. The van der Waals surface area contributed by atoms with Gasteiger partial charge in [0.25, 0.3) is 0 Å². The molecule has 0 atom stereocenters. The van der Waals surface area contributed by atoms with Crippen LogP contribution in [0.25, 0.3) is 17.1 Å². The van der Waals surface area contributed by atoms with Crippen LogP contribution in [0.2, 0.25) is 0 Å². The average Bonchev–Trinajstić information content (AvgIpc) is 3.28. The summed E-state index contributed by atoms with van der Waals surface area (Å²) in [6, 6.07) is 12.8. The summed E-state index contributed by atoms with van der Waals surface area (Å²) in [6.07, 6.45) is 3.32. The Bertz CT molecular complexity index is 1040. The van der Waals surface area contributed by atoms with Crippen LogP contribution in [0.5, 0.6) is 0 Å². The maximum absolute atomic E-state index is 13.0. The Morgan fingerprint density at radius 1 is 1.12 bits per heavy atom. The summed E-state index contributed by atoms with van der Waals surface area (Å²) in [5.41, 5.74) is 2.41. The summed E-state index contributed by atoms with van der Waals surface area (Å²) >= 11 is 0. The first-order valence-electron chi connectivity index (χ1n) is 7.57. The molecule has 124 valence electrons. The molecule has 0 spiro atoms. The molecule has 6 nitrogen and oxygen atoms in total. The highest BCUT2D eigenvalue weighted by Gasteiger charge is 2.16. The monoisotopic (exact) mass is 336 g/mol. The van der Waals surface area contributed by atoms with E-state index in [1.54, 1.807) is 53.3 Å². The third kappa shape index (κ3) is 2.92. The molecule has 0 aliphatic heterocycles. The van der Waals surface area contributed by atoms with Crippen LogP contribution >= 0.6 is 0 Å². The number of aliphatic hydroxyl groups excluding tert-OH is 1. The third-order valence-corrected chi connectivity index (χ3v) is 3.69. The standard InChI is InChI=1S/C18H13FN4O2/c19-13-3-5-14(6-4-13)21-22-18-17(15-2-1-9-25-15)20-16-10-12(11-24)7-8-23(16)18/h1-10,24H,11H2. The molecule has 0 unspecified atom stereocenters. The van der Waals surface area contributed by atoms with Crippen LogP contribution in [0.4, 0.5) is 15.9 Å². The predicted octanol–water partition coefficient (Wildman–Crippen LogP) is 4.64. The number of benzene rings is 1. The number of pyridine rings is 1. The second-order valence-electron chi connectivity index (χ2n) is 5.36. The lowest BCUT2D eigenvalue weighted by atomic mass is 10.3. The van der Waals surface area contributed by atoms with Gasteiger partial charge in [-0.3, -0.25) is 4.40 Å². The zero-order chi connectivity index (χ0) is 17.2. The summed E-state index contributed by atoms with van der Waals surface area (Å²) in [5.74, 6) is 0.711. The minimum Gasteiger partial charge on any atom is -0.463 e. The van der Waals surface area contributed by atoms with Crippen molar-refractivity contribution in [2.75, 3.05) is 0 Å². The van der Waals surface area contributed by atoms with Crippen LogP contribution in [-0.2, 0) is 6.61 Å². The summed E-state index contributed by atoms with van der Waals surface area (Å²) in [5, 5.41) is 17.7. The van der Waals surface area contributed by atoms with Crippen molar-refractivity contribution in [3.05, 3.63) is 72.4 Å². The number of imidazole rings is 1. The highest BCUT2D eigenvalue weighted by Crippen LogP contribution is 2.32. The van der Waals surface area contributed by atoms with E-state index in [1.165, 1.54) is 12.1 Å². The summed E-state index contributed by atoms with van der Waals surface area (Å²) in [7, 11) is 0. The van der Waals surface area contributed by atoms with Crippen LogP contribution in [0, 0.1) is 5.82 Å². The molecular weight excluding hydrogens is 323 g/mol. The summed E-state index contributed by atoms with van der Waals surface area (Å²) < 4.78 is 20.2. The van der Waals surface area contributed by atoms with Crippen molar-refractivity contribution in [2.45, 2.75) is 6.61 Å². The Balaban J connectivity index is 1.85. The zero-order valence-corrected chi connectivity index (χ0v) is 13.0. The number of halogens is 1. The van der Waals surface area contributed by atoms with Gasteiger partial charge in [-0.05, 0) is 54.1 Å². The van der Waals surface area contributed by atoms with Crippen molar-refractivity contribution in [2.24, 2.45) is 10.2 Å². The van der Waals surface area contributed by atoms with Gasteiger partial charge in [0.05, 0.1) is 18.6 Å². The van der Waals surface area contributed by atoms with Crippen LogP contribution in [-0.4, -0.2) is 14.5 Å². The van der Waals surface area contributed by atoms with E-state index >= 15 is 0 Å². The Labute approximate surface area is 141 Å². The van der Waals surface area contributed by atoms with E-state index < -0.39 is 0 Å². The van der Waals surface area contributed by atoms with E-state index in [0.717, 1.165) is 5.56 Å². The van der Waals surface area contributed by atoms with Gasteiger partial charge in [0.15, 0.2) is 17.3 Å². The predicted molar refractivity (Wildman–Crippen MR) is 89.4 cm³/mol. The molecule has 0 radical (unpaired) electrons. The number of furan rings is 1. The lowest BCUT2D eigenvalue weighted by molar-refractivity contribution is 0.282. The molecule has 1 N–H and O–H groups in total. The van der Waals surface area contributed by atoms with E-state index in [1.807, 2.05) is 0 Å². The van der Waals surface area contributed by atoms with E-state index in [4.69, 9.17) is 4.42 Å². The average molecular weight is 336 g/mol. The Kier molecular flexibility index (Phi) is 3.83. The van der Waals surface area contributed by atoms with Crippen molar-refractivity contribution in [1.29, 1.82) is 0 Å². The Morgan fingerprint density at radius 2 is 1.96 bits per heavy atom. The highest BCUT2D eigenvalue weighted by atomic mass is 19.1. The molecule has 0 saturated carbocycles. The van der Waals surface area contributed by atoms with Crippen molar-refractivity contribution < 1.29 is 13.9 Å². The Morgan fingerprint density at radius 3 is 2.68 bits per heavy atom. The lowest BCUT2D eigenvalue weighted by Gasteiger charge is -1.99. The second kappa shape index (κ2) is 6.29. The van der Waals surface area contributed by atoms with Crippen molar-refractivity contribution >= 4 is 17.2 Å². The maximum Gasteiger partial charge on any atom is 0.190 e. The largest absolute Gasteiger partial charge is 0.463 e. The van der Waals surface area contributed by atoms with Gasteiger partial charge in [0.2, 0.25) is 0 Å². The SMILES string of the molecule is OCc1ccn2c(N=Nc3ccc(F)cc3)c(-c3ccco3)nc2c1. The van der Waals surface area contributed by atoms with Crippen LogP contribution in [0.3, 0.4) is 0 Å². The van der Waals surface area contributed by atoms with Crippen LogP contribution < -0.4 is 0 Å². The van der Waals surface area contributed by atoms with E-state index in [0.29, 0.717) is 28.6 Å². The molecule has 7 heteroatoms.